The molecule has 7 heteroatoms. The van der Waals surface area contributed by atoms with E-state index < -0.39 is 0 Å². The monoisotopic (exact) mass is 346 g/mol. The fraction of sp³-hybridized carbons (Fsp3) is 0.389. The summed E-state index contributed by atoms with van der Waals surface area (Å²) in [7, 11) is 3.15. The van der Waals surface area contributed by atoms with Gasteiger partial charge in [0.05, 0.1) is 40.2 Å². The number of hydrogen-bond acceptors (Lipinski definition) is 5. The van der Waals surface area contributed by atoms with Crippen molar-refractivity contribution in [2.24, 2.45) is 0 Å². The first kappa shape index (κ1) is 17.2. The Kier molecular flexibility index (Phi) is 5.45. The van der Waals surface area contributed by atoms with Crippen LogP contribution in [-0.4, -0.2) is 51.5 Å². The molecule has 2 heterocycles. The Morgan fingerprint density at radius 1 is 1.16 bits per heavy atom. The highest BCUT2D eigenvalue weighted by atomic mass is 16.5. The van der Waals surface area contributed by atoms with Gasteiger partial charge in [-0.15, -0.1) is 0 Å². The van der Waals surface area contributed by atoms with Crippen LogP contribution in [0.25, 0.3) is 0 Å². The topological polar surface area (TPSA) is 64.4 Å². The molecule has 3 rings (SSSR count). The Labute approximate surface area is 146 Å². The normalized spacial score (nSPS) is 14.2. The molecule has 25 heavy (non-hydrogen) atoms. The highest BCUT2D eigenvalue weighted by Crippen LogP contribution is 2.32. The number of rotatable bonds is 5. The maximum absolute atomic E-state index is 13.1. The predicted molar refractivity (Wildman–Crippen MR) is 92.2 cm³/mol. The van der Waals surface area contributed by atoms with Crippen molar-refractivity contribution in [1.29, 1.82) is 0 Å². The smallest absolute Gasteiger partial charge is 0.325 e. The average molecular weight is 346 g/mol. The molecule has 0 unspecified atom stereocenters. The van der Waals surface area contributed by atoms with Gasteiger partial charge in [0.15, 0.2) is 11.5 Å². The van der Waals surface area contributed by atoms with Crippen LogP contribution in [-0.2, 0) is 11.3 Å². The van der Waals surface area contributed by atoms with Gasteiger partial charge in [-0.3, -0.25) is 4.90 Å². The van der Waals surface area contributed by atoms with Crippen LogP contribution in [0.2, 0.25) is 0 Å². The zero-order chi connectivity index (χ0) is 17.6. The van der Waals surface area contributed by atoms with Crippen LogP contribution in [0, 0.1) is 0 Å². The second-order valence-electron chi connectivity index (χ2n) is 5.59. The minimum atomic E-state index is -0.0908. The SMILES string of the molecule is COc1ccc(N(Cc2ccco2)C(=O)N2CCOCC2)cc1OC. The van der Waals surface area contributed by atoms with E-state index >= 15 is 0 Å². The highest BCUT2D eigenvalue weighted by molar-refractivity contribution is 5.92. The van der Waals surface area contributed by atoms with Gasteiger partial charge in [-0.25, -0.2) is 4.79 Å². The summed E-state index contributed by atoms with van der Waals surface area (Å²) in [6, 6.07) is 8.98. The van der Waals surface area contributed by atoms with E-state index in [2.05, 4.69) is 0 Å². The third kappa shape index (κ3) is 3.88. The summed E-state index contributed by atoms with van der Waals surface area (Å²) in [6.07, 6.45) is 1.60. The lowest BCUT2D eigenvalue weighted by molar-refractivity contribution is 0.0547. The summed E-state index contributed by atoms with van der Waals surface area (Å²) < 4.78 is 21.4. The van der Waals surface area contributed by atoms with Crippen LogP contribution in [0.4, 0.5) is 10.5 Å². The minimum Gasteiger partial charge on any atom is -0.493 e. The molecule has 2 aromatic rings. The Bertz CT molecular complexity index is 695. The summed E-state index contributed by atoms with van der Waals surface area (Å²) >= 11 is 0. The molecular formula is C18H22N2O5. The number of ether oxygens (including phenoxy) is 3. The maximum Gasteiger partial charge on any atom is 0.325 e. The van der Waals surface area contributed by atoms with Gasteiger partial charge in [0.2, 0.25) is 0 Å². The zero-order valence-electron chi connectivity index (χ0n) is 14.4. The molecule has 134 valence electrons. The summed E-state index contributed by atoms with van der Waals surface area (Å²) in [5, 5.41) is 0. The van der Waals surface area contributed by atoms with Crippen LogP contribution in [0.3, 0.4) is 0 Å². The van der Waals surface area contributed by atoms with Crippen molar-refractivity contribution < 1.29 is 23.4 Å². The largest absolute Gasteiger partial charge is 0.493 e. The van der Waals surface area contributed by atoms with E-state index in [0.29, 0.717) is 55.8 Å². The lowest BCUT2D eigenvalue weighted by Gasteiger charge is -2.32. The van der Waals surface area contributed by atoms with Crippen LogP contribution in [0.15, 0.2) is 41.0 Å². The molecular weight excluding hydrogens is 324 g/mol. The first-order valence-electron chi connectivity index (χ1n) is 8.11. The van der Waals surface area contributed by atoms with E-state index in [9.17, 15) is 4.79 Å². The summed E-state index contributed by atoms with van der Waals surface area (Å²) in [4.78, 5) is 16.5. The van der Waals surface area contributed by atoms with Gasteiger partial charge in [-0.1, -0.05) is 0 Å². The van der Waals surface area contributed by atoms with E-state index in [1.165, 1.54) is 0 Å². The second-order valence-corrected chi connectivity index (χ2v) is 5.59. The van der Waals surface area contributed by atoms with E-state index in [1.54, 1.807) is 48.5 Å². The lowest BCUT2D eigenvalue weighted by Crippen LogP contribution is -2.48. The van der Waals surface area contributed by atoms with Crippen molar-refractivity contribution in [2.75, 3.05) is 45.4 Å². The van der Waals surface area contributed by atoms with E-state index in [-0.39, 0.29) is 6.03 Å². The Hall–Kier alpha value is -2.67. The van der Waals surface area contributed by atoms with Crippen LogP contribution < -0.4 is 14.4 Å². The van der Waals surface area contributed by atoms with Gasteiger partial charge in [-0.2, -0.15) is 0 Å². The molecule has 2 amide bonds. The second kappa shape index (κ2) is 7.94. The van der Waals surface area contributed by atoms with Gasteiger partial charge in [0.1, 0.15) is 5.76 Å². The molecule has 1 aromatic carbocycles. The number of methoxy groups -OCH3 is 2. The molecule has 0 radical (unpaired) electrons. The highest BCUT2D eigenvalue weighted by Gasteiger charge is 2.25. The molecule has 1 saturated heterocycles. The summed E-state index contributed by atoms with van der Waals surface area (Å²) in [6.45, 7) is 2.57. The van der Waals surface area contributed by atoms with Crippen molar-refractivity contribution in [3.8, 4) is 11.5 Å². The molecule has 0 spiro atoms. The molecule has 0 saturated carbocycles. The van der Waals surface area contributed by atoms with Crippen molar-refractivity contribution in [1.82, 2.24) is 4.90 Å². The standard InChI is InChI=1S/C18H22N2O5/c1-22-16-6-5-14(12-17(16)23-2)20(13-15-4-3-9-25-15)18(21)19-7-10-24-11-8-19/h3-6,9,12H,7-8,10-11,13H2,1-2H3. The van der Waals surface area contributed by atoms with Gasteiger partial charge in [0, 0.05) is 24.8 Å². The quantitative estimate of drug-likeness (QED) is 0.833. The molecule has 0 atom stereocenters. The van der Waals surface area contributed by atoms with Crippen molar-refractivity contribution in [2.45, 2.75) is 6.54 Å². The van der Waals surface area contributed by atoms with Crippen molar-refractivity contribution in [3.63, 3.8) is 0 Å². The predicted octanol–water partition coefficient (Wildman–Crippen LogP) is 2.76. The molecule has 1 aliphatic heterocycles. The zero-order valence-corrected chi connectivity index (χ0v) is 14.4. The molecule has 1 aliphatic rings. The van der Waals surface area contributed by atoms with Crippen LogP contribution in [0.1, 0.15) is 5.76 Å². The third-order valence-corrected chi connectivity index (χ3v) is 4.09. The molecule has 0 N–H and O–H groups in total. The first-order valence-corrected chi connectivity index (χ1v) is 8.11. The van der Waals surface area contributed by atoms with Gasteiger partial charge >= 0.3 is 6.03 Å². The number of nitrogens with zero attached hydrogens (tertiary/aromatic N) is 2. The van der Waals surface area contributed by atoms with Crippen LogP contribution >= 0.6 is 0 Å². The molecule has 0 bridgehead atoms. The van der Waals surface area contributed by atoms with Gasteiger partial charge in [-0.05, 0) is 24.3 Å². The number of carbonyl (C=O) groups is 1. The van der Waals surface area contributed by atoms with Crippen LogP contribution in [0.5, 0.6) is 11.5 Å². The first-order chi connectivity index (χ1) is 12.2. The third-order valence-electron chi connectivity index (χ3n) is 4.09. The number of anilines is 1. The number of urea groups is 1. The number of furan rings is 1. The molecule has 0 aliphatic carbocycles. The average Bonchev–Trinajstić information content (AvgIpc) is 3.19. The number of amides is 2. The number of hydrogen-bond donors (Lipinski definition) is 0. The molecule has 1 aromatic heterocycles. The minimum absolute atomic E-state index is 0.0908. The van der Waals surface area contributed by atoms with E-state index in [0.717, 1.165) is 0 Å². The maximum atomic E-state index is 13.1. The Balaban J connectivity index is 1.91. The fourth-order valence-corrected chi connectivity index (χ4v) is 2.75. The summed E-state index contributed by atoms with van der Waals surface area (Å²) in [5.74, 6) is 1.89. The summed E-state index contributed by atoms with van der Waals surface area (Å²) in [5.41, 5.74) is 0.713. The Morgan fingerprint density at radius 2 is 1.92 bits per heavy atom. The Morgan fingerprint density at radius 3 is 2.56 bits per heavy atom. The number of carbonyl (C=O) groups excluding carboxylic acids is 1. The molecule has 7 nitrogen and oxygen atoms in total. The van der Waals surface area contributed by atoms with Crippen molar-refractivity contribution >= 4 is 11.7 Å². The van der Waals surface area contributed by atoms with E-state index in [4.69, 9.17) is 18.6 Å². The number of morpholine rings is 1. The van der Waals surface area contributed by atoms with E-state index in [1.807, 2.05) is 12.1 Å². The van der Waals surface area contributed by atoms with Crippen molar-refractivity contribution in [3.05, 3.63) is 42.4 Å². The number of benzene rings is 1. The molecule has 1 fully saturated rings. The fourth-order valence-electron chi connectivity index (χ4n) is 2.75. The van der Waals surface area contributed by atoms with Gasteiger partial charge in [0.25, 0.3) is 0 Å². The lowest BCUT2D eigenvalue weighted by atomic mass is 10.2. The van der Waals surface area contributed by atoms with Gasteiger partial charge < -0.3 is 23.5 Å².